The quantitative estimate of drug-likeness (QED) is 0.579. The lowest BCUT2D eigenvalue weighted by molar-refractivity contribution is -0.117. The Morgan fingerprint density at radius 1 is 1.03 bits per heavy atom. The van der Waals surface area contributed by atoms with Gasteiger partial charge in [0.05, 0.1) is 23.8 Å². The summed E-state index contributed by atoms with van der Waals surface area (Å²) in [5.41, 5.74) is 1.80. The fourth-order valence-corrected chi connectivity index (χ4v) is 3.16. The van der Waals surface area contributed by atoms with Crippen molar-refractivity contribution in [2.24, 2.45) is 5.92 Å². The van der Waals surface area contributed by atoms with Crippen LogP contribution in [0.5, 0.6) is 0 Å². The smallest absolute Gasteiger partial charge is 0.253 e. The van der Waals surface area contributed by atoms with E-state index in [1.165, 1.54) is 0 Å². The van der Waals surface area contributed by atoms with Crippen molar-refractivity contribution >= 4 is 28.5 Å². The summed E-state index contributed by atoms with van der Waals surface area (Å²) in [5.74, 6) is 0.775. The summed E-state index contributed by atoms with van der Waals surface area (Å²) >= 11 is 0. The number of amides is 2. The number of hydrogen-bond donors (Lipinski definition) is 2. The van der Waals surface area contributed by atoms with Crippen LogP contribution in [0.15, 0.2) is 59.0 Å². The van der Waals surface area contributed by atoms with E-state index in [2.05, 4.69) is 10.6 Å². The molecule has 0 saturated carbocycles. The van der Waals surface area contributed by atoms with Gasteiger partial charge in [0.2, 0.25) is 5.91 Å². The van der Waals surface area contributed by atoms with Gasteiger partial charge in [0.1, 0.15) is 11.3 Å². The molecule has 2 N–H and O–H groups in total. The minimum absolute atomic E-state index is 0.0762. The molecule has 2 aromatic carbocycles. The number of para-hydroxylation sites is 2. The molecule has 0 radical (unpaired) electrons. The first-order valence-corrected chi connectivity index (χ1v) is 10.2. The first kappa shape index (κ1) is 21.6. The first-order valence-electron chi connectivity index (χ1n) is 10.2. The number of nitrogens with zero attached hydrogens (tertiary/aromatic N) is 1. The molecule has 0 aliphatic heterocycles. The van der Waals surface area contributed by atoms with Gasteiger partial charge in [-0.15, -0.1) is 0 Å². The molecular formula is C24H29N3O3. The summed E-state index contributed by atoms with van der Waals surface area (Å²) in [5, 5.41) is 6.80. The zero-order valence-corrected chi connectivity index (χ0v) is 17.9. The molecule has 6 nitrogen and oxygen atoms in total. The molecule has 1 atom stereocenters. The highest BCUT2D eigenvalue weighted by atomic mass is 16.3. The van der Waals surface area contributed by atoms with E-state index in [1.807, 2.05) is 63.1 Å². The highest BCUT2D eigenvalue weighted by Crippen LogP contribution is 2.26. The lowest BCUT2D eigenvalue weighted by Crippen LogP contribution is -2.33. The topological polar surface area (TPSA) is 74.6 Å². The maximum atomic E-state index is 12.7. The van der Waals surface area contributed by atoms with Crippen LogP contribution in [0.4, 0.5) is 5.69 Å². The Balaban J connectivity index is 1.64. The van der Waals surface area contributed by atoms with Crippen LogP contribution < -0.4 is 10.6 Å². The van der Waals surface area contributed by atoms with Crippen molar-refractivity contribution in [2.75, 3.05) is 25.5 Å². The number of nitrogens with one attached hydrogen (secondary N) is 2. The molecule has 0 fully saturated rings. The molecule has 0 spiro atoms. The number of carbonyl (C=O) groups is 2. The molecule has 6 heteroatoms. The predicted molar refractivity (Wildman–Crippen MR) is 120 cm³/mol. The average molecular weight is 408 g/mol. The van der Waals surface area contributed by atoms with E-state index in [9.17, 15) is 9.59 Å². The van der Waals surface area contributed by atoms with E-state index in [-0.39, 0.29) is 24.4 Å². The SMILES string of the molecule is CC(C)CNC(=O)c1ccccc1NC(=O)CN(C)C(C)c1cc2ccccc2o1. The molecule has 2 amide bonds. The number of fused-ring (bicyclic) bond motifs is 1. The Morgan fingerprint density at radius 3 is 2.47 bits per heavy atom. The zero-order chi connectivity index (χ0) is 21.7. The van der Waals surface area contributed by atoms with E-state index in [4.69, 9.17) is 4.42 Å². The minimum Gasteiger partial charge on any atom is -0.459 e. The van der Waals surface area contributed by atoms with Crippen molar-refractivity contribution in [3.8, 4) is 0 Å². The van der Waals surface area contributed by atoms with Crippen LogP contribution in [0.1, 0.15) is 42.9 Å². The van der Waals surface area contributed by atoms with Crippen molar-refractivity contribution in [3.05, 3.63) is 65.9 Å². The standard InChI is InChI=1S/C24H29N3O3/c1-16(2)14-25-24(29)19-10-6-7-11-20(19)26-23(28)15-27(4)17(3)22-13-18-9-5-8-12-21(18)30-22/h5-13,16-17H,14-15H2,1-4H3,(H,25,29)(H,26,28). The van der Waals surface area contributed by atoms with Gasteiger partial charge < -0.3 is 15.1 Å². The second-order valence-electron chi connectivity index (χ2n) is 7.98. The molecule has 158 valence electrons. The molecule has 3 rings (SSSR count). The third-order valence-corrected chi connectivity index (χ3v) is 5.03. The fraction of sp³-hybridized carbons (Fsp3) is 0.333. The number of rotatable bonds is 8. The van der Waals surface area contributed by atoms with Crippen LogP contribution in [-0.4, -0.2) is 36.9 Å². The summed E-state index contributed by atoms with van der Waals surface area (Å²) in [4.78, 5) is 27.0. The molecule has 30 heavy (non-hydrogen) atoms. The molecule has 1 aromatic heterocycles. The van der Waals surface area contributed by atoms with Crippen molar-refractivity contribution in [1.82, 2.24) is 10.2 Å². The predicted octanol–water partition coefficient (Wildman–Crippen LogP) is 4.45. The number of carbonyl (C=O) groups excluding carboxylic acids is 2. The van der Waals surface area contributed by atoms with Gasteiger partial charge in [0.25, 0.3) is 5.91 Å². The molecule has 0 saturated heterocycles. The van der Waals surface area contributed by atoms with Gasteiger partial charge >= 0.3 is 0 Å². The molecule has 1 heterocycles. The highest BCUT2D eigenvalue weighted by molar-refractivity contribution is 6.04. The summed E-state index contributed by atoms with van der Waals surface area (Å²) in [7, 11) is 1.87. The Bertz CT molecular complexity index is 992. The van der Waals surface area contributed by atoms with Crippen molar-refractivity contribution in [2.45, 2.75) is 26.8 Å². The third kappa shape index (κ3) is 5.27. The first-order chi connectivity index (χ1) is 14.3. The van der Waals surface area contributed by atoms with Crippen LogP contribution in [0.2, 0.25) is 0 Å². The summed E-state index contributed by atoms with van der Waals surface area (Å²) < 4.78 is 5.92. The van der Waals surface area contributed by atoms with Gasteiger partial charge in [-0.2, -0.15) is 0 Å². The molecule has 1 unspecified atom stereocenters. The van der Waals surface area contributed by atoms with Crippen molar-refractivity contribution < 1.29 is 14.0 Å². The number of likely N-dealkylation sites (N-methyl/N-ethyl adjacent to an activating group) is 1. The monoisotopic (exact) mass is 407 g/mol. The van der Waals surface area contributed by atoms with Crippen LogP contribution in [0.3, 0.4) is 0 Å². The number of anilines is 1. The Labute approximate surface area is 177 Å². The van der Waals surface area contributed by atoms with E-state index in [0.29, 0.717) is 23.7 Å². The van der Waals surface area contributed by atoms with E-state index in [1.54, 1.807) is 24.3 Å². The number of furan rings is 1. The molecule has 0 bridgehead atoms. The lowest BCUT2D eigenvalue weighted by Gasteiger charge is -2.22. The highest BCUT2D eigenvalue weighted by Gasteiger charge is 2.20. The summed E-state index contributed by atoms with van der Waals surface area (Å²) in [6.07, 6.45) is 0. The maximum Gasteiger partial charge on any atom is 0.253 e. The van der Waals surface area contributed by atoms with Crippen LogP contribution >= 0.6 is 0 Å². The van der Waals surface area contributed by atoms with Gasteiger partial charge in [-0.25, -0.2) is 0 Å². The Morgan fingerprint density at radius 2 is 1.73 bits per heavy atom. The van der Waals surface area contributed by atoms with Crippen LogP contribution in [0, 0.1) is 5.92 Å². The van der Waals surface area contributed by atoms with E-state index in [0.717, 1.165) is 16.7 Å². The Kier molecular flexibility index (Phi) is 6.90. The van der Waals surface area contributed by atoms with Crippen molar-refractivity contribution in [3.63, 3.8) is 0 Å². The van der Waals surface area contributed by atoms with E-state index >= 15 is 0 Å². The van der Waals surface area contributed by atoms with Crippen LogP contribution in [-0.2, 0) is 4.79 Å². The second kappa shape index (κ2) is 9.59. The largest absolute Gasteiger partial charge is 0.459 e. The normalized spacial score (nSPS) is 12.3. The number of hydrogen-bond acceptors (Lipinski definition) is 4. The molecule has 3 aromatic rings. The zero-order valence-electron chi connectivity index (χ0n) is 17.9. The summed E-state index contributed by atoms with van der Waals surface area (Å²) in [6.45, 7) is 6.82. The molecule has 0 aliphatic rings. The van der Waals surface area contributed by atoms with Gasteiger partial charge in [-0.1, -0.05) is 44.2 Å². The van der Waals surface area contributed by atoms with Crippen LogP contribution in [0.25, 0.3) is 11.0 Å². The maximum absolute atomic E-state index is 12.7. The average Bonchev–Trinajstić information content (AvgIpc) is 3.15. The van der Waals surface area contributed by atoms with E-state index < -0.39 is 0 Å². The summed E-state index contributed by atoms with van der Waals surface area (Å²) in [6, 6.07) is 16.8. The molecular weight excluding hydrogens is 378 g/mol. The molecule has 0 aliphatic carbocycles. The Hall–Kier alpha value is -3.12. The van der Waals surface area contributed by atoms with Gasteiger partial charge in [0.15, 0.2) is 0 Å². The van der Waals surface area contributed by atoms with Gasteiger partial charge in [0, 0.05) is 11.9 Å². The number of benzene rings is 2. The van der Waals surface area contributed by atoms with Gasteiger partial charge in [-0.05, 0) is 44.2 Å². The van der Waals surface area contributed by atoms with Gasteiger partial charge in [-0.3, -0.25) is 14.5 Å². The van der Waals surface area contributed by atoms with Crippen molar-refractivity contribution in [1.29, 1.82) is 0 Å². The fourth-order valence-electron chi connectivity index (χ4n) is 3.16. The minimum atomic E-state index is -0.191. The second-order valence-corrected chi connectivity index (χ2v) is 7.98. The lowest BCUT2D eigenvalue weighted by atomic mass is 10.1. The third-order valence-electron chi connectivity index (χ3n) is 5.03.